The van der Waals surface area contributed by atoms with Crippen molar-refractivity contribution in [3.05, 3.63) is 35.4 Å². The van der Waals surface area contributed by atoms with E-state index in [0.717, 1.165) is 30.0 Å². The SMILES string of the molecule is CC(=O)SCCC(O)C(O)c1cc(F)ccc1F. The van der Waals surface area contributed by atoms with E-state index in [1.807, 2.05) is 0 Å². The van der Waals surface area contributed by atoms with Crippen molar-refractivity contribution in [2.75, 3.05) is 5.75 Å². The van der Waals surface area contributed by atoms with E-state index < -0.39 is 23.8 Å². The molecule has 0 aliphatic heterocycles. The fourth-order valence-electron chi connectivity index (χ4n) is 1.43. The third-order valence-corrected chi connectivity index (χ3v) is 3.21. The van der Waals surface area contributed by atoms with Gasteiger partial charge in [-0.25, -0.2) is 8.78 Å². The summed E-state index contributed by atoms with van der Waals surface area (Å²) in [4.78, 5) is 10.7. The van der Waals surface area contributed by atoms with E-state index in [1.54, 1.807) is 0 Å². The number of aliphatic hydroxyl groups is 2. The van der Waals surface area contributed by atoms with Gasteiger partial charge in [0.05, 0.1) is 6.10 Å². The lowest BCUT2D eigenvalue weighted by atomic mass is 10.0. The Bertz CT molecular complexity index is 426. The zero-order valence-electron chi connectivity index (χ0n) is 9.77. The highest BCUT2D eigenvalue weighted by atomic mass is 32.2. The van der Waals surface area contributed by atoms with Gasteiger partial charge in [0, 0.05) is 18.2 Å². The van der Waals surface area contributed by atoms with Crippen LogP contribution in [-0.2, 0) is 4.79 Å². The van der Waals surface area contributed by atoms with Crippen LogP contribution in [0.4, 0.5) is 8.78 Å². The minimum absolute atomic E-state index is 0.103. The Labute approximate surface area is 108 Å². The number of carbonyl (C=O) groups is 1. The standard InChI is InChI=1S/C12H14F2O3S/c1-7(15)18-5-4-11(16)12(17)9-6-8(13)2-3-10(9)14/h2-3,6,11-12,16-17H,4-5H2,1H3. The molecule has 100 valence electrons. The topological polar surface area (TPSA) is 57.5 Å². The highest BCUT2D eigenvalue weighted by Crippen LogP contribution is 2.23. The van der Waals surface area contributed by atoms with Gasteiger partial charge in [0.15, 0.2) is 5.12 Å². The van der Waals surface area contributed by atoms with Gasteiger partial charge in [-0.15, -0.1) is 0 Å². The Morgan fingerprint density at radius 3 is 2.67 bits per heavy atom. The molecule has 2 atom stereocenters. The molecule has 2 N–H and O–H groups in total. The number of aliphatic hydroxyl groups excluding tert-OH is 2. The normalized spacial score (nSPS) is 14.3. The second kappa shape index (κ2) is 6.82. The molecule has 0 aromatic heterocycles. The Hall–Kier alpha value is -0.980. The smallest absolute Gasteiger partial charge is 0.185 e. The van der Waals surface area contributed by atoms with E-state index in [4.69, 9.17) is 0 Å². The van der Waals surface area contributed by atoms with Crippen LogP contribution in [0.5, 0.6) is 0 Å². The molecule has 0 heterocycles. The van der Waals surface area contributed by atoms with Gasteiger partial charge in [-0.2, -0.15) is 0 Å². The van der Waals surface area contributed by atoms with Crippen LogP contribution in [0.15, 0.2) is 18.2 Å². The van der Waals surface area contributed by atoms with Gasteiger partial charge < -0.3 is 10.2 Å². The second-order valence-electron chi connectivity index (χ2n) is 3.81. The summed E-state index contributed by atoms with van der Waals surface area (Å²) in [6, 6.07) is 2.68. The van der Waals surface area contributed by atoms with E-state index >= 15 is 0 Å². The van der Waals surface area contributed by atoms with Crippen LogP contribution >= 0.6 is 11.8 Å². The van der Waals surface area contributed by atoms with E-state index in [0.29, 0.717) is 5.75 Å². The Kier molecular flexibility index (Phi) is 5.71. The lowest BCUT2D eigenvalue weighted by Gasteiger charge is -2.18. The molecule has 1 aromatic rings. The fraction of sp³-hybridized carbons (Fsp3) is 0.417. The number of hydrogen-bond acceptors (Lipinski definition) is 4. The molecule has 0 aliphatic carbocycles. The Balaban J connectivity index is 2.64. The lowest BCUT2D eigenvalue weighted by Crippen LogP contribution is -2.20. The van der Waals surface area contributed by atoms with Crippen molar-refractivity contribution in [2.45, 2.75) is 25.6 Å². The maximum Gasteiger partial charge on any atom is 0.185 e. The first kappa shape index (κ1) is 15.1. The van der Waals surface area contributed by atoms with Crippen molar-refractivity contribution in [3.8, 4) is 0 Å². The first-order chi connectivity index (χ1) is 8.41. The van der Waals surface area contributed by atoms with Crippen molar-refractivity contribution in [1.29, 1.82) is 0 Å². The van der Waals surface area contributed by atoms with Crippen LogP contribution in [-0.4, -0.2) is 27.2 Å². The molecule has 0 amide bonds. The Morgan fingerprint density at radius 2 is 2.06 bits per heavy atom. The quantitative estimate of drug-likeness (QED) is 0.864. The summed E-state index contributed by atoms with van der Waals surface area (Å²) in [6.07, 6.45) is -2.64. The van der Waals surface area contributed by atoms with Crippen molar-refractivity contribution >= 4 is 16.9 Å². The number of benzene rings is 1. The molecule has 1 aromatic carbocycles. The Morgan fingerprint density at radius 1 is 1.39 bits per heavy atom. The first-order valence-corrected chi connectivity index (χ1v) is 6.35. The summed E-state index contributed by atoms with van der Waals surface area (Å²) in [6.45, 7) is 1.39. The molecule has 6 heteroatoms. The van der Waals surface area contributed by atoms with Crippen molar-refractivity contribution in [1.82, 2.24) is 0 Å². The predicted octanol–water partition coefficient (Wildman–Crippen LogP) is 2.03. The van der Waals surface area contributed by atoms with E-state index in [1.165, 1.54) is 6.92 Å². The minimum atomic E-state index is -1.51. The summed E-state index contributed by atoms with van der Waals surface area (Å²) in [5.41, 5.74) is -0.282. The van der Waals surface area contributed by atoms with E-state index in [2.05, 4.69) is 0 Å². The average molecular weight is 276 g/mol. The van der Waals surface area contributed by atoms with Crippen LogP contribution in [0, 0.1) is 11.6 Å². The highest BCUT2D eigenvalue weighted by Gasteiger charge is 2.22. The molecular formula is C12H14F2O3S. The molecule has 18 heavy (non-hydrogen) atoms. The second-order valence-corrected chi connectivity index (χ2v) is 5.08. The van der Waals surface area contributed by atoms with Crippen molar-refractivity contribution in [3.63, 3.8) is 0 Å². The summed E-state index contributed by atoms with van der Waals surface area (Å²) >= 11 is 1.00. The van der Waals surface area contributed by atoms with Crippen LogP contribution < -0.4 is 0 Å². The van der Waals surface area contributed by atoms with E-state index in [9.17, 15) is 23.8 Å². The zero-order valence-corrected chi connectivity index (χ0v) is 10.6. The van der Waals surface area contributed by atoms with Crippen molar-refractivity contribution in [2.24, 2.45) is 0 Å². The van der Waals surface area contributed by atoms with Crippen molar-refractivity contribution < 1.29 is 23.8 Å². The van der Waals surface area contributed by atoms with Gasteiger partial charge in [-0.3, -0.25) is 4.79 Å². The summed E-state index contributed by atoms with van der Waals surface area (Å²) in [5, 5.41) is 19.2. The average Bonchev–Trinajstić information content (AvgIpc) is 2.30. The monoisotopic (exact) mass is 276 g/mol. The number of carbonyl (C=O) groups excluding carboxylic acids is 1. The molecule has 0 radical (unpaired) electrons. The zero-order chi connectivity index (χ0) is 13.7. The summed E-state index contributed by atoms with van der Waals surface area (Å²) in [5.74, 6) is -1.15. The van der Waals surface area contributed by atoms with Crippen LogP contribution in [0.25, 0.3) is 0 Å². The van der Waals surface area contributed by atoms with Crippen LogP contribution in [0.2, 0.25) is 0 Å². The van der Waals surface area contributed by atoms with Gasteiger partial charge in [-0.1, -0.05) is 11.8 Å². The van der Waals surface area contributed by atoms with Gasteiger partial charge in [0.2, 0.25) is 0 Å². The third-order valence-electron chi connectivity index (χ3n) is 2.36. The largest absolute Gasteiger partial charge is 0.390 e. The maximum absolute atomic E-state index is 13.3. The molecule has 0 aliphatic rings. The number of halogens is 2. The maximum atomic E-state index is 13.3. The molecule has 3 nitrogen and oxygen atoms in total. The number of thioether (sulfide) groups is 1. The molecule has 0 saturated heterocycles. The minimum Gasteiger partial charge on any atom is -0.390 e. The third kappa shape index (κ3) is 4.36. The fourth-order valence-corrected chi connectivity index (χ4v) is 2.08. The van der Waals surface area contributed by atoms with E-state index in [-0.39, 0.29) is 17.1 Å². The molecule has 0 saturated carbocycles. The lowest BCUT2D eigenvalue weighted by molar-refractivity contribution is -0.109. The van der Waals surface area contributed by atoms with Crippen LogP contribution in [0.3, 0.4) is 0 Å². The molecule has 0 fully saturated rings. The molecule has 0 bridgehead atoms. The van der Waals surface area contributed by atoms with Gasteiger partial charge in [0.25, 0.3) is 0 Å². The van der Waals surface area contributed by atoms with Gasteiger partial charge in [0.1, 0.15) is 17.7 Å². The molecule has 1 rings (SSSR count). The molecular weight excluding hydrogens is 262 g/mol. The molecule has 0 spiro atoms. The summed E-state index contributed by atoms with van der Waals surface area (Å²) < 4.78 is 26.3. The predicted molar refractivity (Wildman–Crippen MR) is 65.1 cm³/mol. The summed E-state index contributed by atoms with van der Waals surface area (Å²) in [7, 11) is 0. The first-order valence-electron chi connectivity index (χ1n) is 5.36. The molecule has 2 unspecified atom stereocenters. The van der Waals surface area contributed by atoms with Crippen LogP contribution in [0.1, 0.15) is 25.0 Å². The number of hydrogen-bond donors (Lipinski definition) is 2. The van der Waals surface area contributed by atoms with Gasteiger partial charge >= 0.3 is 0 Å². The van der Waals surface area contributed by atoms with Gasteiger partial charge in [-0.05, 0) is 24.6 Å². The number of rotatable bonds is 5. The highest BCUT2D eigenvalue weighted by molar-refractivity contribution is 8.13.